The molecule has 0 aliphatic heterocycles. The first-order valence-corrected chi connectivity index (χ1v) is 12.2. The molecule has 0 fully saturated rings. The SMILES string of the molecule is CSSCCCOCC(=O)O.CSSCCCOCC(C)=O. The van der Waals surface area contributed by atoms with Gasteiger partial charge in [-0.15, -0.1) is 0 Å². The summed E-state index contributed by atoms with van der Waals surface area (Å²) >= 11 is 0. The van der Waals surface area contributed by atoms with Crippen molar-refractivity contribution in [3.8, 4) is 0 Å². The van der Waals surface area contributed by atoms with Gasteiger partial charge in [0.1, 0.15) is 13.2 Å². The number of ether oxygens (including phenoxy) is 2. The zero-order valence-electron chi connectivity index (χ0n) is 13.4. The van der Waals surface area contributed by atoms with E-state index in [0.717, 1.165) is 24.3 Å². The van der Waals surface area contributed by atoms with Gasteiger partial charge in [-0.25, -0.2) is 4.79 Å². The summed E-state index contributed by atoms with van der Waals surface area (Å²) in [7, 11) is 7.05. The Kier molecular flexibility index (Phi) is 24.1. The predicted molar refractivity (Wildman–Crippen MR) is 101 cm³/mol. The van der Waals surface area contributed by atoms with Crippen LogP contribution < -0.4 is 0 Å². The van der Waals surface area contributed by atoms with Gasteiger partial charge in [0.25, 0.3) is 0 Å². The van der Waals surface area contributed by atoms with Crippen molar-refractivity contribution in [2.24, 2.45) is 0 Å². The number of hydrogen-bond donors (Lipinski definition) is 1. The van der Waals surface area contributed by atoms with E-state index in [1.807, 2.05) is 17.0 Å². The van der Waals surface area contributed by atoms with Crippen LogP contribution >= 0.6 is 43.2 Å². The summed E-state index contributed by atoms with van der Waals surface area (Å²) in [5.41, 5.74) is 0. The maximum atomic E-state index is 10.4. The molecule has 0 saturated heterocycles. The average molecular weight is 391 g/mol. The monoisotopic (exact) mass is 390 g/mol. The number of carbonyl (C=O) groups is 2. The Morgan fingerprint density at radius 1 is 0.909 bits per heavy atom. The maximum Gasteiger partial charge on any atom is 0.329 e. The third kappa shape index (κ3) is 28.6. The maximum absolute atomic E-state index is 10.4. The lowest BCUT2D eigenvalue weighted by molar-refractivity contribution is -0.142. The van der Waals surface area contributed by atoms with Crippen LogP contribution in [0.1, 0.15) is 19.8 Å². The lowest BCUT2D eigenvalue weighted by Gasteiger charge is -1.99. The van der Waals surface area contributed by atoms with E-state index in [1.54, 1.807) is 32.4 Å². The minimum Gasteiger partial charge on any atom is -0.480 e. The number of ketones is 1. The fourth-order valence-corrected chi connectivity index (χ4v) is 3.49. The molecular weight excluding hydrogens is 364 g/mol. The van der Waals surface area contributed by atoms with E-state index in [4.69, 9.17) is 14.6 Å². The molecule has 22 heavy (non-hydrogen) atoms. The van der Waals surface area contributed by atoms with Gasteiger partial charge in [-0.05, 0) is 32.3 Å². The molecule has 9 heteroatoms. The van der Waals surface area contributed by atoms with E-state index in [2.05, 4.69) is 6.26 Å². The molecule has 5 nitrogen and oxygen atoms in total. The van der Waals surface area contributed by atoms with E-state index < -0.39 is 5.97 Å². The number of rotatable bonds is 14. The molecule has 0 aliphatic rings. The summed E-state index contributed by atoms with van der Waals surface area (Å²) in [6, 6.07) is 0. The fraction of sp³-hybridized carbons (Fsp3) is 0.846. The van der Waals surface area contributed by atoms with Crippen LogP contribution in [-0.4, -0.2) is 67.3 Å². The molecule has 132 valence electrons. The fourth-order valence-electron chi connectivity index (χ4n) is 0.982. The van der Waals surface area contributed by atoms with Gasteiger partial charge in [-0.1, -0.05) is 43.2 Å². The van der Waals surface area contributed by atoms with Gasteiger partial charge in [0.2, 0.25) is 0 Å². The molecular formula is C13H26O5S4. The lowest BCUT2D eigenvalue weighted by atomic mass is 10.5. The summed E-state index contributed by atoms with van der Waals surface area (Å²) in [5, 5.41) is 8.18. The molecule has 0 rings (SSSR count). The molecule has 0 amide bonds. The Bertz CT molecular complexity index is 241. The third-order valence-electron chi connectivity index (χ3n) is 1.80. The Balaban J connectivity index is 0. The van der Waals surface area contributed by atoms with Gasteiger partial charge in [0.15, 0.2) is 5.78 Å². The van der Waals surface area contributed by atoms with Crippen molar-refractivity contribution in [1.82, 2.24) is 0 Å². The van der Waals surface area contributed by atoms with Crippen LogP contribution in [0, 0.1) is 0 Å². The quantitative estimate of drug-likeness (QED) is 0.354. The Morgan fingerprint density at radius 2 is 1.36 bits per heavy atom. The van der Waals surface area contributed by atoms with E-state index in [1.165, 1.54) is 6.92 Å². The van der Waals surface area contributed by atoms with Crippen molar-refractivity contribution in [3.05, 3.63) is 0 Å². The molecule has 0 spiro atoms. The number of Topliss-reactive ketones (excluding diaryl/α,β-unsaturated/α-hetero) is 1. The van der Waals surface area contributed by atoms with E-state index in [9.17, 15) is 9.59 Å². The highest BCUT2D eigenvalue weighted by Gasteiger charge is 1.95. The van der Waals surface area contributed by atoms with E-state index in [0.29, 0.717) is 13.2 Å². The number of carbonyl (C=O) groups excluding carboxylic acids is 1. The first-order chi connectivity index (χ1) is 10.5. The lowest BCUT2D eigenvalue weighted by Crippen LogP contribution is -2.07. The van der Waals surface area contributed by atoms with Gasteiger partial charge in [0.05, 0.1) is 0 Å². The van der Waals surface area contributed by atoms with Crippen LogP contribution in [0.15, 0.2) is 0 Å². The largest absolute Gasteiger partial charge is 0.480 e. The van der Waals surface area contributed by atoms with Gasteiger partial charge in [0, 0.05) is 24.7 Å². The van der Waals surface area contributed by atoms with Crippen molar-refractivity contribution < 1.29 is 24.2 Å². The molecule has 0 heterocycles. The Morgan fingerprint density at radius 3 is 1.73 bits per heavy atom. The van der Waals surface area contributed by atoms with Crippen LogP contribution in [0.3, 0.4) is 0 Å². The molecule has 0 unspecified atom stereocenters. The van der Waals surface area contributed by atoms with E-state index in [-0.39, 0.29) is 19.0 Å². The van der Waals surface area contributed by atoms with Crippen LogP contribution in [0.2, 0.25) is 0 Å². The second-order valence-corrected chi connectivity index (χ2v) is 9.25. The van der Waals surface area contributed by atoms with Gasteiger partial charge < -0.3 is 14.6 Å². The smallest absolute Gasteiger partial charge is 0.329 e. The number of aliphatic carboxylic acids is 1. The van der Waals surface area contributed by atoms with Crippen LogP contribution in [0.4, 0.5) is 0 Å². The zero-order chi connectivity index (χ0) is 17.1. The molecule has 1 N–H and O–H groups in total. The van der Waals surface area contributed by atoms with Crippen molar-refractivity contribution in [2.75, 3.05) is 50.4 Å². The molecule has 0 radical (unpaired) electrons. The first kappa shape index (κ1) is 24.7. The van der Waals surface area contributed by atoms with Crippen LogP contribution in [-0.2, 0) is 19.1 Å². The average Bonchev–Trinajstić information content (AvgIpc) is 2.46. The number of hydrogen-bond acceptors (Lipinski definition) is 8. The van der Waals surface area contributed by atoms with E-state index >= 15 is 0 Å². The van der Waals surface area contributed by atoms with Gasteiger partial charge in [-0.2, -0.15) is 0 Å². The summed E-state index contributed by atoms with van der Waals surface area (Å²) in [6.07, 6.45) is 6.02. The molecule has 0 bridgehead atoms. The standard InChI is InChI=1S/C7H14O2S2.C6H12O3S2/c1-7(8)6-9-4-3-5-11-10-2;1-10-11-4-2-3-9-5-6(7)8/h3-6H2,1-2H3;2-5H2,1H3,(H,7,8). The van der Waals surface area contributed by atoms with Crippen molar-refractivity contribution in [1.29, 1.82) is 0 Å². The van der Waals surface area contributed by atoms with Gasteiger partial charge in [-0.3, -0.25) is 4.79 Å². The molecule has 0 aromatic rings. The van der Waals surface area contributed by atoms with Crippen molar-refractivity contribution >= 4 is 54.9 Å². The Labute approximate surface area is 149 Å². The number of carboxylic acid groups (broad SMARTS) is 1. The molecule has 0 aromatic heterocycles. The molecule has 0 atom stereocenters. The zero-order valence-corrected chi connectivity index (χ0v) is 16.6. The summed E-state index contributed by atoms with van der Waals surface area (Å²) in [5.74, 6) is 1.31. The minimum absolute atomic E-state index is 0.0996. The third-order valence-corrected chi connectivity index (χ3v) is 5.60. The first-order valence-electron chi connectivity index (χ1n) is 6.72. The topological polar surface area (TPSA) is 72.8 Å². The van der Waals surface area contributed by atoms with Crippen molar-refractivity contribution in [3.63, 3.8) is 0 Å². The summed E-state index contributed by atoms with van der Waals surface area (Å²) in [6.45, 7) is 2.87. The highest BCUT2D eigenvalue weighted by atomic mass is 33.1. The second kappa shape index (κ2) is 21.5. The minimum atomic E-state index is -0.900. The highest BCUT2D eigenvalue weighted by Crippen LogP contribution is 2.17. The normalized spacial score (nSPS) is 9.95. The highest BCUT2D eigenvalue weighted by molar-refractivity contribution is 8.76. The van der Waals surface area contributed by atoms with Crippen LogP contribution in [0.25, 0.3) is 0 Å². The Hall–Kier alpha value is 0.460. The second-order valence-electron chi connectivity index (χ2n) is 3.89. The molecule has 0 saturated carbocycles. The molecule has 0 aliphatic carbocycles. The summed E-state index contributed by atoms with van der Waals surface area (Å²) in [4.78, 5) is 20.4. The van der Waals surface area contributed by atoms with Crippen molar-refractivity contribution in [2.45, 2.75) is 19.8 Å². The summed E-state index contributed by atoms with van der Waals surface area (Å²) < 4.78 is 9.89. The predicted octanol–water partition coefficient (Wildman–Crippen LogP) is 3.48. The van der Waals surface area contributed by atoms with Gasteiger partial charge >= 0.3 is 5.97 Å². The van der Waals surface area contributed by atoms with Crippen LogP contribution in [0.5, 0.6) is 0 Å². The molecule has 0 aromatic carbocycles. The number of carboxylic acids is 1.